The normalized spacial score (nSPS) is 16.2. The largest absolute Gasteiger partial charge is 0.354 e. The molecule has 0 bridgehead atoms. The Balaban J connectivity index is 1.46. The average Bonchev–Trinajstić information content (AvgIpc) is 2.83. The van der Waals surface area contributed by atoms with Gasteiger partial charge in [-0.1, -0.05) is 49.4 Å². The van der Waals surface area contributed by atoms with Gasteiger partial charge in [-0.3, -0.25) is 9.59 Å². The second-order valence-corrected chi connectivity index (χ2v) is 7.95. The molecule has 1 aliphatic rings. The molecule has 160 valence electrons. The molecule has 1 amide bonds. The summed E-state index contributed by atoms with van der Waals surface area (Å²) in [5, 5.41) is 7.66. The molecule has 4 rings (SSSR count). The number of amides is 1. The van der Waals surface area contributed by atoms with Crippen LogP contribution in [-0.4, -0.2) is 28.8 Å². The van der Waals surface area contributed by atoms with E-state index in [1.54, 1.807) is 12.1 Å². The third-order valence-electron chi connectivity index (χ3n) is 5.80. The van der Waals surface area contributed by atoms with E-state index in [4.69, 9.17) is 0 Å². The number of benzene rings is 2. The Kier molecular flexibility index (Phi) is 6.46. The number of anilines is 1. The first kappa shape index (κ1) is 20.8. The first-order chi connectivity index (χ1) is 15.1. The number of nitrogens with zero attached hydrogens (tertiary/aromatic N) is 3. The van der Waals surface area contributed by atoms with E-state index < -0.39 is 0 Å². The van der Waals surface area contributed by atoms with Crippen LogP contribution in [0, 0.1) is 5.92 Å². The van der Waals surface area contributed by atoms with Crippen molar-refractivity contribution in [1.82, 2.24) is 15.1 Å². The van der Waals surface area contributed by atoms with Crippen LogP contribution in [0.4, 0.5) is 5.82 Å². The molecule has 6 nitrogen and oxygen atoms in total. The van der Waals surface area contributed by atoms with Crippen LogP contribution in [0.2, 0.25) is 0 Å². The van der Waals surface area contributed by atoms with Crippen molar-refractivity contribution in [3.63, 3.8) is 0 Å². The van der Waals surface area contributed by atoms with Crippen molar-refractivity contribution in [3.8, 4) is 5.69 Å². The van der Waals surface area contributed by atoms with Gasteiger partial charge in [0.2, 0.25) is 5.91 Å². The van der Waals surface area contributed by atoms with E-state index in [1.807, 2.05) is 54.6 Å². The van der Waals surface area contributed by atoms with Gasteiger partial charge in [0.15, 0.2) is 0 Å². The van der Waals surface area contributed by atoms with Crippen molar-refractivity contribution in [2.24, 2.45) is 5.92 Å². The Labute approximate surface area is 182 Å². The van der Waals surface area contributed by atoms with Gasteiger partial charge < -0.3 is 10.2 Å². The van der Waals surface area contributed by atoms with Crippen molar-refractivity contribution >= 4 is 11.7 Å². The first-order valence-electron chi connectivity index (χ1n) is 10.9. The van der Waals surface area contributed by atoms with Crippen LogP contribution >= 0.6 is 0 Å². The minimum atomic E-state index is -0.165. The molecule has 0 spiro atoms. The lowest BCUT2D eigenvalue weighted by molar-refractivity contribution is -0.125. The maximum atomic E-state index is 12.7. The molecule has 1 aromatic heterocycles. The highest BCUT2D eigenvalue weighted by atomic mass is 16.2. The number of hydrogen-bond donors (Lipinski definition) is 1. The molecule has 1 fully saturated rings. The number of aromatic nitrogens is 2. The van der Waals surface area contributed by atoms with Crippen molar-refractivity contribution in [2.45, 2.75) is 32.7 Å². The van der Waals surface area contributed by atoms with Crippen molar-refractivity contribution in [2.75, 3.05) is 18.0 Å². The fourth-order valence-electron chi connectivity index (χ4n) is 3.96. The third-order valence-corrected chi connectivity index (χ3v) is 5.80. The Morgan fingerprint density at radius 1 is 1.03 bits per heavy atom. The maximum Gasteiger partial charge on any atom is 0.271 e. The molecule has 1 N–H and O–H groups in total. The van der Waals surface area contributed by atoms with E-state index in [0.717, 1.165) is 42.9 Å². The Morgan fingerprint density at radius 2 is 1.81 bits per heavy atom. The van der Waals surface area contributed by atoms with Crippen LogP contribution in [0.1, 0.15) is 30.9 Å². The number of piperidine rings is 1. The summed E-state index contributed by atoms with van der Waals surface area (Å²) < 4.78 is 1.44. The number of nitrogens with one attached hydrogen (secondary N) is 1. The number of hydrogen-bond acceptors (Lipinski definition) is 4. The van der Waals surface area contributed by atoms with Gasteiger partial charge >= 0.3 is 0 Å². The number of aryl methyl sites for hydroxylation is 1. The number of carbonyl (C=O) groups excluding carboxylic acids is 1. The monoisotopic (exact) mass is 416 g/mol. The highest BCUT2D eigenvalue weighted by Crippen LogP contribution is 2.22. The SMILES string of the molecule is CCc1ccc(-n2nc(N3CCC[C@@H](C(=O)NCc4ccccc4)C3)ccc2=O)cc1. The summed E-state index contributed by atoms with van der Waals surface area (Å²) in [5.41, 5.74) is 2.89. The molecule has 1 atom stereocenters. The van der Waals surface area contributed by atoms with Crippen LogP contribution in [0.15, 0.2) is 71.5 Å². The summed E-state index contributed by atoms with van der Waals surface area (Å²) in [7, 11) is 0. The molecule has 6 heteroatoms. The zero-order chi connectivity index (χ0) is 21.6. The van der Waals surface area contributed by atoms with E-state index in [2.05, 4.69) is 22.2 Å². The summed E-state index contributed by atoms with van der Waals surface area (Å²) in [4.78, 5) is 27.3. The van der Waals surface area contributed by atoms with Crippen molar-refractivity contribution < 1.29 is 4.79 Å². The van der Waals surface area contributed by atoms with E-state index in [-0.39, 0.29) is 17.4 Å². The van der Waals surface area contributed by atoms with Crippen LogP contribution in [0.3, 0.4) is 0 Å². The van der Waals surface area contributed by atoms with E-state index >= 15 is 0 Å². The van der Waals surface area contributed by atoms with E-state index in [0.29, 0.717) is 13.1 Å². The summed E-state index contributed by atoms with van der Waals surface area (Å²) in [6, 6.07) is 21.1. The summed E-state index contributed by atoms with van der Waals surface area (Å²) in [6.45, 7) is 4.05. The second-order valence-electron chi connectivity index (χ2n) is 7.95. The minimum Gasteiger partial charge on any atom is -0.354 e. The standard InChI is InChI=1S/C25H28N4O2/c1-2-19-10-12-22(13-11-19)29-24(30)15-14-23(27-29)28-16-6-9-21(18-28)25(31)26-17-20-7-4-3-5-8-20/h3-5,7-8,10-15,21H,2,6,9,16-18H2,1H3,(H,26,31)/t21-/m1/s1. The Morgan fingerprint density at radius 3 is 2.55 bits per heavy atom. The zero-order valence-corrected chi connectivity index (χ0v) is 17.8. The fourth-order valence-corrected chi connectivity index (χ4v) is 3.96. The Hall–Kier alpha value is -3.41. The van der Waals surface area contributed by atoms with E-state index in [1.165, 1.54) is 10.2 Å². The molecular formula is C25H28N4O2. The van der Waals surface area contributed by atoms with Crippen LogP contribution < -0.4 is 15.8 Å². The summed E-state index contributed by atoms with van der Waals surface area (Å²) in [6.07, 6.45) is 2.72. The summed E-state index contributed by atoms with van der Waals surface area (Å²) in [5.74, 6) is 0.695. The smallest absolute Gasteiger partial charge is 0.271 e. The van der Waals surface area contributed by atoms with Crippen LogP contribution in [0.25, 0.3) is 5.69 Å². The molecule has 31 heavy (non-hydrogen) atoms. The quantitative estimate of drug-likeness (QED) is 0.669. The molecule has 0 saturated carbocycles. The fraction of sp³-hybridized carbons (Fsp3) is 0.320. The van der Waals surface area contributed by atoms with Gasteiger partial charge in [0.05, 0.1) is 11.6 Å². The van der Waals surface area contributed by atoms with Gasteiger partial charge in [-0.15, -0.1) is 5.10 Å². The molecule has 3 aromatic rings. The number of carbonyl (C=O) groups is 1. The lowest BCUT2D eigenvalue weighted by Crippen LogP contribution is -2.43. The predicted molar refractivity (Wildman–Crippen MR) is 122 cm³/mol. The van der Waals surface area contributed by atoms with E-state index in [9.17, 15) is 9.59 Å². The first-order valence-corrected chi connectivity index (χ1v) is 10.9. The van der Waals surface area contributed by atoms with Gasteiger partial charge in [-0.25, -0.2) is 0 Å². The van der Waals surface area contributed by atoms with Gasteiger partial charge in [0, 0.05) is 25.7 Å². The molecule has 1 aliphatic heterocycles. The third kappa shape index (κ3) is 5.02. The molecule has 1 saturated heterocycles. The van der Waals surface area contributed by atoms with Crippen molar-refractivity contribution in [1.29, 1.82) is 0 Å². The van der Waals surface area contributed by atoms with Crippen molar-refractivity contribution in [3.05, 3.63) is 88.2 Å². The predicted octanol–water partition coefficient (Wildman–Crippen LogP) is 3.33. The molecular weight excluding hydrogens is 388 g/mol. The molecule has 0 aliphatic carbocycles. The van der Waals surface area contributed by atoms with Gasteiger partial charge in [0.1, 0.15) is 5.82 Å². The van der Waals surface area contributed by atoms with Crippen LogP contribution in [-0.2, 0) is 17.8 Å². The highest BCUT2D eigenvalue weighted by molar-refractivity contribution is 5.79. The lowest BCUT2D eigenvalue weighted by atomic mass is 9.97. The highest BCUT2D eigenvalue weighted by Gasteiger charge is 2.26. The molecule has 0 unspecified atom stereocenters. The zero-order valence-electron chi connectivity index (χ0n) is 17.8. The van der Waals surface area contributed by atoms with Gasteiger partial charge in [0.25, 0.3) is 5.56 Å². The molecule has 0 radical (unpaired) electrons. The van der Waals surface area contributed by atoms with Crippen LogP contribution in [0.5, 0.6) is 0 Å². The number of rotatable bonds is 6. The van der Waals surface area contributed by atoms with Gasteiger partial charge in [-0.05, 0) is 48.6 Å². The second kappa shape index (κ2) is 9.60. The summed E-state index contributed by atoms with van der Waals surface area (Å²) >= 11 is 0. The Bertz CT molecular complexity index is 1080. The minimum absolute atomic E-state index is 0.0667. The topological polar surface area (TPSA) is 67.2 Å². The molecule has 2 heterocycles. The molecule has 2 aromatic carbocycles. The lowest BCUT2D eigenvalue weighted by Gasteiger charge is -2.33. The maximum absolute atomic E-state index is 12.7. The van der Waals surface area contributed by atoms with Gasteiger partial charge in [-0.2, -0.15) is 4.68 Å². The average molecular weight is 417 g/mol.